The van der Waals surface area contributed by atoms with Crippen LogP contribution in [0, 0.1) is 10.1 Å². The minimum absolute atomic E-state index is 0.0139. The molecular formula is C17H18N2O2. The van der Waals surface area contributed by atoms with Crippen molar-refractivity contribution in [3.8, 4) is 0 Å². The van der Waals surface area contributed by atoms with Gasteiger partial charge >= 0.3 is 0 Å². The third-order valence-corrected chi connectivity index (χ3v) is 3.26. The van der Waals surface area contributed by atoms with Crippen molar-refractivity contribution >= 4 is 17.8 Å². The number of pyridine rings is 1. The highest BCUT2D eigenvalue weighted by Gasteiger charge is 2.13. The highest BCUT2D eigenvalue weighted by molar-refractivity contribution is 5.73. The van der Waals surface area contributed by atoms with Crippen molar-refractivity contribution in [2.75, 3.05) is 0 Å². The van der Waals surface area contributed by atoms with Gasteiger partial charge in [0.15, 0.2) is 0 Å². The molecule has 21 heavy (non-hydrogen) atoms. The van der Waals surface area contributed by atoms with E-state index in [0.717, 1.165) is 5.56 Å². The van der Waals surface area contributed by atoms with E-state index in [9.17, 15) is 10.1 Å². The number of hydrogen-bond donors (Lipinski definition) is 0. The molecule has 0 saturated carbocycles. The molecule has 0 unspecified atom stereocenters. The molecule has 4 heteroatoms. The number of aromatic nitrogens is 1. The second-order valence-electron chi connectivity index (χ2n) is 5.90. The van der Waals surface area contributed by atoms with Gasteiger partial charge in [0.2, 0.25) is 0 Å². The van der Waals surface area contributed by atoms with Gasteiger partial charge < -0.3 is 0 Å². The van der Waals surface area contributed by atoms with E-state index in [2.05, 4.69) is 37.9 Å². The van der Waals surface area contributed by atoms with E-state index in [1.807, 2.05) is 18.2 Å². The summed E-state index contributed by atoms with van der Waals surface area (Å²) in [4.78, 5) is 14.3. The summed E-state index contributed by atoms with van der Waals surface area (Å²) in [5, 5.41) is 10.9. The normalized spacial score (nSPS) is 11.8. The molecule has 0 aliphatic heterocycles. The van der Waals surface area contributed by atoms with E-state index in [4.69, 9.17) is 0 Å². The van der Waals surface area contributed by atoms with Gasteiger partial charge in [-0.15, -0.1) is 0 Å². The van der Waals surface area contributed by atoms with Crippen LogP contribution in [-0.2, 0) is 5.41 Å². The van der Waals surface area contributed by atoms with Crippen LogP contribution in [0.3, 0.4) is 0 Å². The molecular weight excluding hydrogens is 264 g/mol. The maximum atomic E-state index is 10.9. The Morgan fingerprint density at radius 3 is 2.33 bits per heavy atom. The second-order valence-corrected chi connectivity index (χ2v) is 5.90. The Morgan fingerprint density at radius 1 is 1.10 bits per heavy atom. The molecule has 0 N–H and O–H groups in total. The lowest BCUT2D eigenvalue weighted by Gasteiger charge is -2.18. The fourth-order valence-corrected chi connectivity index (χ4v) is 1.97. The Bertz CT molecular complexity index is 668. The zero-order valence-electron chi connectivity index (χ0n) is 12.4. The summed E-state index contributed by atoms with van der Waals surface area (Å²) in [5.41, 5.74) is 2.95. The molecule has 0 aliphatic carbocycles. The zero-order chi connectivity index (χ0) is 15.5. The summed E-state index contributed by atoms with van der Waals surface area (Å²) >= 11 is 0. The van der Waals surface area contributed by atoms with E-state index in [0.29, 0.717) is 5.56 Å². The summed E-state index contributed by atoms with van der Waals surface area (Å²) in [6.07, 6.45) is 6.43. The van der Waals surface area contributed by atoms with Crippen molar-refractivity contribution < 1.29 is 4.92 Å². The van der Waals surface area contributed by atoms with Crippen LogP contribution in [-0.4, -0.2) is 9.91 Å². The van der Waals surface area contributed by atoms with Crippen LogP contribution in [0.4, 0.5) is 5.69 Å². The highest BCUT2D eigenvalue weighted by atomic mass is 16.6. The average Bonchev–Trinajstić information content (AvgIpc) is 2.45. The van der Waals surface area contributed by atoms with Crippen LogP contribution >= 0.6 is 0 Å². The van der Waals surface area contributed by atoms with Gasteiger partial charge in [-0.25, -0.2) is 0 Å². The highest BCUT2D eigenvalue weighted by Crippen LogP contribution is 2.23. The van der Waals surface area contributed by atoms with E-state index < -0.39 is 4.92 Å². The van der Waals surface area contributed by atoms with E-state index in [1.165, 1.54) is 11.8 Å². The maximum absolute atomic E-state index is 10.9. The van der Waals surface area contributed by atoms with Gasteiger partial charge in [0.05, 0.1) is 10.5 Å². The number of nitro groups is 1. The Hall–Kier alpha value is -2.49. The first-order valence-electron chi connectivity index (χ1n) is 6.75. The van der Waals surface area contributed by atoms with Gasteiger partial charge in [-0.1, -0.05) is 51.1 Å². The fourth-order valence-electron chi connectivity index (χ4n) is 1.97. The average molecular weight is 282 g/mol. The van der Waals surface area contributed by atoms with Crippen molar-refractivity contribution in [3.63, 3.8) is 0 Å². The van der Waals surface area contributed by atoms with Gasteiger partial charge in [-0.05, 0) is 28.7 Å². The third kappa shape index (κ3) is 3.75. The molecule has 0 spiro atoms. The molecule has 0 bridgehead atoms. The molecule has 0 amide bonds. The molecule has 4 nitrogen and oxygen atoms in total. The first-order chi connectivity index (χ1) is 9.88. The SMILES string of the molecule is CC(C)(C)c1ccc(/C=C/c2ccncc2[N+](=O)[O-])cc1. The Morgan fingerprint density at radius 2 is 1.76 bits per heavy atom. The lowest BCUT2D eigenvalue weighted by Crippen LogP contribution is -2.10. The van der Waals surface area contributed by atoms with Gasteiger partial charge in [0, 0.05) is 6.20 Å². The summed E-state index contributed by atoms with van der Waals surface area (Å²) in [5.74, 6) is 0. The van der Waals surface area contributed by atoms with Crippen molar-refractivity contribution in [1.29, 1.82) is 0 Å². The topological polar surface area (TPSA) is 56.0 Å². The number of hydrogen-bond acceptors (Lipinski definition) is 3. The number of benzene rings is 1. The Kier molecular flexibility index (Phi) is 4.17. The van der Waals surface area contributed by atoms with Crippen LogP contribution in [0.1, 0.15) is 37.5 Å². The molecule has 108 valence electrons. The van der Waals surface area contributed by atoms with Crippen LogP contribution in [0.5, 0.6) is 0 Å². The minimum Gasteiger partial charge on any atom is -0.258 e. The zero-order valence-corrected chi connectivity index (χ0v) is 12.4. The predicted molar refractivity (Wildman–Crippen MR) is 85.0 cm³/mol. The molecule has 0 fully saturated rings. The molecule has 0 atom stereocenters. The first-order valence-corrected chi connectivity index (χ1v) is 6.75. The second kappa shape index (κ2) is 5.87. The van der Waals surface area contributed by atoms with Crippen LogP contribution in [0.2, 0.25) is 0 Å². The van der Waals surface area contributed by atoms with E-state index >= 15 is 0 Å². The van der Waals surface area contributed by atoms with Crippen molar-refractivity contribution in [2.24, 2.45) is 0 Å². The van der Waals surface area contributed by atoms with Gasteiger partial charge in [-0.2, -0.15) is 0 Å². The fraction of sp³-hybridized carbons (Fsp3) is 0.235. The summed E-state index contributed by atoms with van der Waals surface area (Å²) in [6, 6.07) is 9.84. The molecule has 1 aromatic heterocycles. The summed E-state index contributed by atoms with van der Waals surface area (Å²) in [6.45, 7) is 6.49. The van der Waals surface area contributed by atoms with E-state index in [1.54, 1.807) is 18.3 Å². The third-order valence-electron chi connectivity index (χ3n) is 3.26. The standard InChI is InChI=1S/C17H18N2O2/c1-17(2,3)15-8-5-13(6-9-15)4-7-14-10-11-18-12-16(14)19(20)21/h4-12H,1-3H3/b7-4+. The monoisotopic (exact) mass is 282 g/mol. The summed E-state index contributed by atoms with van der Waals surface area (Å²) < 4.78 is 0. The molecule has 0 saturated heterocycles. The maximum Gasteiger partial charge on any atom is 0.294 e. The largest absolute Gasteiger partial charge is 0.294 e. The molecule has 0 radical (unpaired) electrons. The Labute approximate surface area is 124 Å². The smallest absolute Gasteiger partial charge is 0.258 e. The van der Waals surface area contributed by atoms with Crippen LogP contribution in [0.15, 0.2) is 42.7 Å². The molecule has 1 heterocycles. The Balaban J connectivity index is 2.24. The van der Waals surface area contributed by atoms with Crippen molar-refractivity contribution in [1.82, 2.24) is 4.98 Å². The summed E-state index contributed by atoms with van der Waals surface area (Å²) in [7, 11) is 0. The van der Waals surface area contributed by atoms with E-state index in [-0.39, 0.29) is 11.1 Å². The van der Waals surface area contributed by atoms with Gasteiger partial charge in [-0.3, -0.25) is 15.1 Å². The molecule has 1 aromatic carbocycles. The van der Waals surface area contributed by atoms with Crippen LogP contribution < -0.4 is 0 Å². The quantitative estimate of drug-likeness (QED) is 0.617. The van der Waals surface area contributed by atoms with Crippen LogP contribution in [0.25, 0.3) is 12.2 Å². The predicted octanol–water partition coefficient (Wildman–Crippen LogP) is 4.46. The van der Waals surface area contributed by atoms with Gasteiger partial charge in [0.1, 0.15) is 6.20 Å². The lowest BCUT2D eigenvalue weighted by atomic mass is 9.87. The number of nitrogens with zero attached hydrogens (tertiary/aromatic N) is 2. The lowest BCUT2D eigenvalue weighted by molar-refractivity contribution is -0.385. The molecule has 2 aromatic rings. The molecule has 0 aliphatic rings. The molecule has 2 rings (SSSR count). The van der Waals surface area contributed by atoms with Gasteiger partial charge in [0.25, 0.3) is 5.69 Å². The van der Waals surface area contributed by atoms with Crippen molar-refractivity contribution in [3.05, 3.63) is 69.5 Å². The van der Waals surface area contributed by atoms with Crippen molar-refractivity contribution in [2.45, 2.75) is 26.2 Å². The number of rotatable bonds is 3. The minimum atomic E-state index is -0.421. The first kappa shape index (κ1) is 14.9.